The topological polar surface area (TPSA) is 122 Å². The van der Waals surface area contributed by atoms with Crippen molar-refractivity contribution >= 4 is 17.6 Å². The monoisotopic (exact) mass is 422 g/mol. The number of aliphatic imine (C=N–C) groups is 1. The highest BCUT2D eigenvalue weighted by Gasteiger charge is 2.38. The van der Waals surface area contributed by atoms with Crippen molar-refractivity contribution in [1.29, 1.82) is 5.26 Å². The number of nitriles is 1. The molecule has 1 atom stereocenters. The van der Waals surface area contributed by atoms with E-state index < -0.39 is 39.8 Å². The summed E-state index contributed by atoms with van der Waals surface area (Å²) >= 11 is 0. The molecule has 0 saturated heterocycles. The third kappa shape index (κ3) is 4.17. The third-order valence-corrected chi connectivity index (χ3v) is 4.65. The van der Waals surface area contributed by atoms with E-state index in [2.05, 4.69) is 4.99 Å². The zero-order valence-electron chi connectivity index (χ0n) is 16.2. The number of hydrogen-bond donors (Lipinski definition) is 1. The lowest BCUT2D eigenvalue weighted by molar-refractivity contribution is -0.388. The number of alkyl halides is 3. The minimum absolute atomic E-state index is 0.0154. The van der Waals surface area contributed by atoms with Gasteiger partial charge in [-0.2, -0.15) is 18.4 Å². The molecule has 0 bridgehead atoms. The summed E-state index contributed by atoms with van der Waals surface area (Å²) in [6.07, 6.45) is -3.48. The van der Waals surface area contributed by atoms with Gasteiger partial charge in [-0.25, -0.2) is 0 Å². The minimum atomic E-state index is -4.97. The summed E-state index contributed by atoms with van der Waals surface area (Å²) in [6, 6.07) is 3.53. The van der Waals surface area contributed by atoms with E-state index in [1.165, 1.54) is 6.92 Å². The fraction of sp³-hybridized carbons (Fsp3) is 0.316. The van der Waals surface area contributed by atoms with Gasteiger partial charge in [0.15, 0.2) is 0 Å². The largest absolute Gasteiger partial charge is 0.494 e. The van der Waals surface area contributed by atoms with Gasteiger partial charge < -0.3 is 5.11 Å². The normalized spacial score (nSPS) is 12.7. The summed E-state index contributed by atoms with van der Waals surface area (Å²) < 4.78 is 40.4. The number of pyridine rings is 1. The molecule has 1 N–H and O–H groups in total. The van der Waals surface area contributed by atoms with Crippen LogP contribution in [0.4, 0.5) is 24.5 Å². The van der Waals surface area contributed by atoms with Crippen LogP contribution in [0.3, 0.4) is 0 Å². The summed E-state index contributed by atoms with van der Waals surface area (Å²) in [4.78, 5) is 26.1. The van der Waals surface area contributed by atoms with Gasteiger partial charge in [-0.1, -0.05) is 6.92 Å². The summed E-state index contributed by atoms with van der Waals surface area (Å²) in [5, 5.41) is 30.7. The molecule has 0 aliphatic rings. The molecule has 2 aromatic rings. The molecule has 0 aliphatic carbocycles. The molecule has 30 heavy (non-hydrogen) atoms. The lowest BCUT2D eigenvalue weighted by atomic mass is 10.0. The molecule has 0 radical (unpaired) electrons. The Hall–Kier alpha value is -3.68. The van der Waals surface area contributed by atoms with E-state index in [0.717, 1.165) is 16.8 Å². The van der Waals surface area contributed by atoms with Gasteiger partial charge in [-0.15, -0.1) is 0 Å². The molecule has 0 saturated carbocycles. The molecule has 1 aromatic heterocycles. The van der Waals surface area contributed by atoms with Crippen molar-refractivity contribution in [2.45, 2.75) is 39.4 Å². The first kappa shape index (κ1) is 22.6. The molecular weight excluding hydrogens is 405 g/mol. The number of nitro benzene ring substituents is 1. The Morgan fingerprint density at radius 1 is 1.43 bits per heavy atom. The summed E-state index contributed by atoms with van der Waals surface area (Å²) in [5.74, 6) is -0.479. The highest BCUT2D eigenvalue weighted by atomic mass is 19.4. The first-order valence-corrected chi connectivity index (χ1v) is 8.71. The molecule has 0 fully saturated rings. The second-order valence-corrected chi connectivity index (χ2v) is 6.50. The average molecular weight is 422 g/mol. The van der Waals surface area contributed by atoms with Crippen molar-refractivity contribution in [2.24, 2.45) is 4.99 Å². The second-order valence-electron chi connectivity index (χ2n) is 6.50. The van der Waals surface area contributed by atoms with Crippen LogP contribution in [0.2, 0.25) is 0 Å². The van der Waals surface area contributed by atoms with Crippen LogP contribution in [0.1, 0.15) is 48.6 Å². The van der Waals surface area contributed by atoms with Crippen molar-refractivity contribution in [3.05, 3.63) is 60.9 Å². The number of nitro groups is 1. The lowest BCUT2D eigenvalue weighted by Gasteiger charge is -2.18. The summed E-state index contributed by atoms with van der Waals surface area (Å²) in [5.41, 5.74) is -3.66. The second kappa shape index (κ2) is 8.36. The van der Waals surface area contributed by atoms with Gasteiger partial charge in [0.1, 0.15) is 17.2 Å². The van der Waals surface area contributed by atoms with Crippen LogP contribution in [-0.2, 0) is 6.18 Å². The summed E-state index contributed by atoms with van der Waals surface area (Å²) in [6.45, 7) is 4.83. The maximum Gasteiger partial charge on any atom is 0.423 e. The fourth-order valence-corrected chi connectivity index (χ4v) is 2.82. The van der Waals surface area contributed by atoms with E-state index >= 15 is 0 Å². The van der Waals surface area contributed by atoms with Gasteiger partial charge >= 0.3 is 6.18 Å². The molecule has 0 spiro atoms. The average Bonchev–Trinajstić information content (AvgIpc) is 2.67. The van der Waals surface area contributed by atoms with E-state index in [1.807, 2.05) is 0 Å². The van der Waals surface area contributed by atoms with Crippen molar-refractivity contribution in [3.63, 3.8) is 0 Å². The molecule has 1 heterocycles. The molecular formula is C19H17F3N4O4. The number of benzene rings is 1. The lowest BCUT2D eigenvalue weighted by Crippen LogP contribution is -2.27. The van der Waals surface area contributed by atoms with Crippen LogP contribution >= 0.6 is 0 Å². The van der Waals surface area contributed by atoms with E-state index in [1.54, 1.807) is 19.9 Å². The number of nitrogens with zero attached hydrogens (tertiary/aromatic N) is 4. The Morgan fingerprint density at radius 3 is 2.57 bits per heavy atom. The van der Waals surface area contributed by atoms with Crippen molar-refractivity contribution in [2.75, 3.05) is 0 Å². The Kier molecular flexibility index (Phi) is 6.30. The number of hydrogen-bond acceptors (Lipinski definition) is 6. The van der Waals surface area contributed by atoms with Crippen LogP contribution in [0.25, 0.3) is 0 Å². The third-order valence-electron chi connectivity index (χ3n) is 4.65. The summed E-state index contributed by atoms with van der Waals surface area (Å²) in [7, 11) is 0. The van der Waals surface area contributed by atoms with Crippen molar-refractivity contribution in [1.82, 2.24) is 4.57 Å². The zero-order valence-corrected chi connectivity index (χ0v) is 16.2. The number of rotatable bonds is 5. The zero-order chi connectivity index (χ0) is 22.8. The van der Waals surface area contributed by atoms with E-state index in [4.69, 9.17) is 0 Å². The molecule has 1 aromatic carbocycles. The Labute approximate surface area is 168 Å². The van der Waals surface area contributed by atoms with Crippen LogP contribution in [-0.4, -0.2) is 20.8 Å². The van der Waals surface area contributed by atoms with Gasteiger partial charge in [-0.3, -0.25) is 24.5 Å². The molecule has 8 nitrogen and oxygen atoms in total. The quantitative estimate of drug-likeness (QED) is 0.435. The SMILES string of the molecule is CCC(C)n1c(O)c(C=Nc2ccc([N+](=O)[O-])c(C(F)(F)F)c2)c(C)c(C#N)c1=O. The van der Waals surface area contributed by atoms with E-state index in [0.29, 0.717) is 18.6 Å². The van der Waals surface area contributed by atoms with Crippen LogP contribution in [0.15, 0.2) is 28.0 Å². The highest BCUT2D eigenvalue weighted by molar-refractivity contribution is 5.87. The predicted octanol–water partition coefficient (Wildman–Crippen LogP) is 4.38. The van der Waals surface area contributed by atoms with Crippen LogP contribution in [0, 0.1) is 28.4 Å². The standard InChI is InChI=1S/C19H17F3N4O4/c1-4-10(2)25-17(27)13(8-23)11(3)14(18(25)28)9-24-12-5-6-16(26(29)30)15(7-12)19(20,21)22/h5-7,9-10,28H,4H2,1-3H3. The van der Waals surface area contributed by atoms with Crippen molar-refractivity contribution < 1.29 is 23.2 Å². The molecule has 1 unspecified atom stereocenters. The molecule has 158 valence electrons. The molecule has 0 amide bonds. The van der Waals surface area contributed by atoms with Gasteiger partial charge in [-0.05, 0) is 38.0 Å². The smallest absolute Gasteiger partial charge is 0.423 e. The van der Waals surface area contributed by atoms with E-state index in [9.17, 15) is 38.4 Å². The van der Waals surface area contributed by atoms with Gasteiger partial charge in [0.05, 0.1) is 16.2 Å². The highest BCUT2D eigenvalue weighted by Crippen LogP contribution is 2.38. The minimum Gasteiger partial charge on any atom is -0.494 e. The van der Waals surface area contributed by atoms with Crippen molar-refractivity contribution in [3.8, 4) is 11.9 Å². The fourth-order valence-electron chi connectivity index (χ4n) is 2.82. The van der Waals surface area contributed by atoms with Crippen LogP contribution < -0.4 is 5.56 Å². The first-order valence-electron chi connectivity index (χ1n) is 8.71. The van der Waals surface area contributed by atoms with Gasteiger partial charge in [0.2, 0.25) is 5.88 Å². The Bertz CT molecular complexity index is 1130. The van der Waals surface area contributed by atoms with Gasteiger partial charge in [0.25, 0.3) is 11.2 Å². The van der Waals surface area contributed by atoms with E-state index in [-0.39, 0.29) is 22.4 Å². The number of aromatic nitrogens is 1. The molecule has 2 rings (SSSR count). The maximum atomic E-state index is 13.1. The maximum absolute atomic E-state index is 13.1. The van der Waals surface area contributed by atoms with Gasteiger partial charge in [0, 0.05) is 18.3 Å². The van der Waals surface area contributed by atoms with Crippen LogP contribution in [0.5, 0.6) is 5.88 Å². The Balaban J connectivity index is 2.68. The first-order chi connectivity index (χ1) is 13.9. The molecule has 0 aliphatic heterocycles. The number of aromatic hydroxyl groups is 1. The molecule has 11 heteroatoms. The number of halogens is 3. The predicted molar refractivity (Wildman–Crippen MR) is 102 cm³/mol. The Morgan fingerprint density at radius 2 is 2.07 bits per heavy atom.